The SMILES string of the molecule is CCCCCC[C@@H]1CCC[C@@H](CO)N1C(=O)OC(C)(C)C. The van der Waals surface area contributed by atoms with Crippen LogP contribution in [0.25, 0.3) is 0 Å². The van der Waals surface area contributed by atoms with Gasteiger partial charge < -0.3 is 9.84 Å². The van der Waals surface area contributed by atoms with Crippen LogP contribution in [-0.4, -0.2) is 40.4 Å². The molecule has 0 aromatic heterocycles. The van der Waals surface area contributed by atoms with Gasteiger partial charge in [0.1, 0.15) is 5.60 Å². The molecule has 0 unspecified atom stereocenters. The molecule has 124 valence electrons. The molecule has 0 aliphatic carbocycles. The summed E-state index contributed by atoms with van der Waals surface area (Å²) in [4.78, 5) is 14.3. The van der Waals surface area contributed by atoms with E-state index in [1.54, 1.807) is 0 Å². The van der Waals surface area contributed by atoms with Gasteiger partial charge in [-0.2, -0.15) is 0 Å². The summed E-state index contributed by atoms with van der Waals surface area (Å²) in [5.41, 5.74) is -0.485. The standard InChI is InChI=1S/C17H33NO3/c1-5-6-7-8-10-14-11-9-12-15(13-19)18(14)16(20)21-17(2,3)4/h14-15,19H,5-13H2,1-4H3/t14-,15+/m1/s1. The number of carbonyl (C=O) groups excluding carboxylic acids is 1. The number of hydrogen-bond acceptors (Lipinski definition) is 3. The lowest BCUT2D eigenvalue weighted by atomic mass is 9.92. The summed E-state index contributed by atoms with van der Waals surface area (Å²) in [7, 11) is 0. The molecule has 0 aromatic rings. The molecule has 1 aliphatic rings. The van der Waals surface area contributed by atoms with Gasteiger partial charge in [0.2, 0.25) is 0 Å². The molecule has 1 rings (SSSR count). The number of piperidine rings is 1. The fourth-order valence-electron chi connectivity index (χ4n) is 3.05. The minimum absolute atomic E-state index is 0.0324. The normalized spacial score (nSPS) is 23.2. The summed E-state index contributed by atoms with van der Waals surface area (Å²) >= 11 is 0. The van der Waals surface area contributed by atoms with Crippen LogP contribution in [0.4, 0.5) is 4.79 Å². The van der Waals surface area contributed by atoms with Gasteiger partial charge in [0.15, 0.2) is 0 Å². The minimum atomic E-state index is -0.485. The Kier molecular flexibility index (Phi) is 7.50. The highest BCUT2D eigenvalue weighted by Crippen LogP contribution is 2.28. The first-order chi connectivity index (χ1) is 9.89. The van der Waals surface area contributed by atoms with E-state index in [4.69, 9.17) is 4.74 Å². The number of rotatable bonds is 6. The van der Waals surface area contributed by atoms with Gasteiger partial charge in [-0.3, -0.25) is 4.90 Å². The highest BCUT2D eigenvalue weighted by molar-refractivity contribution is 5.69. The van der Waals surface area contributed by atoms with Crippen molar-refractivity contribution in [3.8, 4) is 0 Å². The van der Waals surface area contributed by atoms with Crippen LogP contribution in [0.5, 0.6) is 0 Å². The van der Waals surface area contributed by atoms with E-state index in [-0.39, 0.29) is 24.8 Å². The lowest BCUT2D eigenvalue weighted by Crippen LogP contribution is -2.53. The zero-order chi connectivity index (χ0) is 15.9. The predicted molar refractivity (Wildman–Crippen MR) is 85.3 cm³/mol. The molecule has 1 aliphatic heterocycles. The topological polar surface area (TPSA) is 49.8 Å². The number of aliphatic hydroxyl groups is 1. The third-order valence-electron chi connectivity index (χ3n) is 4.07. The van der Waals surface area contributed by atoms with Gasteiger partial charge in [0.05, 0.1) is 12.6 Å². The number of nitrogens with zero attached hydrogens (tertiary/aromatic N) is 1. The second kappa shape index (κ2) is 8.62. The van der Waals surface area contributed by atoms with Crippen LogP contribution in [0.2, 0.25) is 0 Å². The quantitative estimate of drug-likeness (QED) is 0.751. The Morgan fingerprint density at radius 2 is 1.86 bits per heavy atom. The number of amides is 1. The third-order valence-corrected chi connectivity index (χ3v) is 4.07. The smallest absolute Gasteiger partial charge is 0.410 e. The number of aliphatic hydroxyl groups excluding tert-OH is 1. The molecule has 1 heterocycles. The Morgan fingerprint density at radius 3 is 2.43 bits per heavy atom. The van der Waals surface area contributed by atoms with Crippen molar-refractivity contribution in [1.82, 2.24) is 4.90 Å². The summed E-state index contributed by atoms with van der Waals surface area (Å²) in [5.74, 6) is 0. The van der Waals surface area contributed by atoms with Crippen molar-refractivity contribution in [2.24, 2.45) is 0 Å². The lowest BCUT2D eigenvalue weighted by molar-refractivity contribution is -0.0167. The Balaban J connectivity index is 2.66. The van der Waals surface area contributed by atoms with E-state index in [1.807, 2.05) is 25.7 Å². The fraction of sp³-hybridized carbons (Fsp3) is 0.941. The Bertz CT molecular complexity index is 312. The van der Waals surface area contributed by atoms with E-state index >= 15 is 0 Å². The second-order valence-corrected chi connectivity index (χ2v) is 7.16. The molecular weight excluding hydrogens is 266 g/mol. The molecule has 0 bridgehead atoms. The van der Waals surface area contributed by atoms with E-state index in [0.29, 0.717) is 0 Å². The largest absolute Gasteiger partial charge is 0.444 e. The van der Waals surface area contributed by atoms with E-state index in [0.717, 1.165) is 32.1 Å². The average Bonchev–Trinajstić information content (AvgIpc) is 2.41. The molecule has 0 spiro atoms. The first kappa shape index (κ1) is 18.3. The molecule has 0 radical (unpaired) electrons. The van der Waals surface area contributed by atoms with Crippen molar-refractivity contribution < 1.29 is 14.6 Å². The molecule has 1 fully saturated rings. The number of ether oxygens (including phenoxy) is 1. The molecule has 1 amide bonds. The summed E-state index contributed by atoms with van der Waals surface area (Å²) < 4.78 is 5.54. The summed E-state index contributed by atoms with van der Waals surface area (Å²) in [6.07, 6.45) is 8.60. The van der Waals surface area contributed by atoms with Gasteiger partial charge >= 0.3 is 6.09 Å². The number of carbonyl (C=O) groups is 1. The fourth-order valence-corrected chi connectivity index (χ4v) is 3.05. The first-order valence-corrected chi connectivity index (χ1v) is 8.51. The Hall–Kier alpha value is -0.770. The molecule has 4 nitrogen and oxygen atoms in total. The highest BCUT2D eigenvalue weighted by Gasteiger charge is 2.36. The monoisotopic (exact) mass is 299 g/mol. The van der Waals surface area contributed by atoms with Crippen molar-refractivity contribution in [2.75, 3.05) is 6.61 Å². The van der Waals surface area contributed by atoms with Crippen molar-refractivity contribution in [2.45, 2.75) is 96.7 Å². The summed E-state index contributed by atoms with van der Waals surface area (Å²) in [5, 5.41) is 9.59. The van der Waals surface area contributed by atoms with Crippen LogP contribution < -0.4 is 0 Å². The number of likely N-dealkylation sites (tertiary alicyclic amines) is 1. The van der Waals surface area contributed by atoms with Crippen molar-refractivity contribution in [3.63, 3.8) is 0 Å². The third kappa shape index (κ3) is 6.25. The van der Waals surface area contributed by atoms with Crippen LogP contribution in [0.15, 0.2) is 0 Å². The average molecular weight is 299 g/mol. The van der Waals surface area contributed by atoms with E-state index in [2.05, 4.69) is 6.92 Å². The summed E-state index contributed by atoms with van der Waals surface area (Å²) in [6, 6.07) is 0.146. The van der Waals surface area contributed by atoms with E-state index in [9.17, 15) is 9.90 Å². The molecule has 0 saturated carbocycles. The number of unbranched alkanes of at least 4 members (excludes halogenated alkanes) is 3. The Labute approximate surface area is 129 Å². The first-order valence-electron chi connectivity index (χ1n) is 8.51. The van der Waals surface area contributed by atoms with Crippen molar-refractivity contribution >= 4 is 6.09 Å². The molecule has 4 heteroatoms. The maximum atomic E-state index is 12.5. The van der Waals surface area contributed by atoms with Crippen molar-refractivity contribution in [3.05, 3.63) is 0 Å². The van der Waals surface area contributed by atoms with E-state index < -0.39 is 5.60 Å². The van der Waals surface area contributed by atoms with Crippen LogP contribution in [0.3, 0.4) is 0 Å². The van der Waals surface area contributed by atoms with Gasteiger partial charge in [-0.25, -0.2) is 4.79 Å². The molecular formula is C17H33NO3. The zero-order valence-electron chi connectivity index (χ0n) is 14.2. The molecule has 1 N–H and O–H groups in total. The highest BCUT2D eigenvalue weighted by atomic mass is 16.6. The maximum absolute atomic E-state index is 12.5. The van der Waals surface area contributed by atoms with Gasteiger partial charge in [0.25, 0.3) is 0 Å². The molecule has 1 saturated heterocycles. The maximum Gasteiger partial charge on any atom is 0.410 e. The van der Waals surface area contributed by atoms with Gasteiger partial charge in [0, 0.05) is 6.04 Å². The molecule has 21 heavy (non-hydrogen) atoms. The number of hydrogen-bond donors (Lipinski definition) is 1. The zero-order valence-corrected chi connectivity index (χ0v) is 14.2. The molecule has 0 aromatic carbocycles. The van der Waals surface area contributed by atoms with Crippen LogP contribution >= 0.6 is 0 Å². The Morgan fingerprint density at radius 1 is 1.19 bits per heavy atom. The van der Waals surface area contributed by atoms with Gasteiger partial charge in [-0.1, -0.05) is 32.6 Å². The molecule has 2 atom stereocenters. The van der Waals surface area contributed by atoms with Crippen LogP contribution in [0.1, 0.15) is 79.1 Å². The van der Waals surface area contributed by atoms with Crippen molar-refractivity contribution in [1.29, 1.82) is 0 Å². The van der Waals surface area contributed by atoms with Gasteiger partial charge in [-0.15, -0.1) is 0 Å². The minimum Gasteiger partial charge on any atom is -0.444 e. The van der Waals surface area contributed by atoms with Gasteiger partial charge in [-0.05, 0) is 46.5 Å². The summed E-state index contributed by atoms with van der Waals surface area (Å²) in [6.45, 7) is 7.90. The predicted octanol–water partition coefficient (Wildman–Crippen LogP) is 4.11. The van der Waals surface area contributed by atoms with Crippen LogP contribution in [0, 0.1) is 0 Å². The second-order valence-electron chi connectivity index (χ2n) is 7.16. The van der Waals surface area contributed by atoms with E-state index in [1.165, 1.54) is 19.3 Å². The lowest BCUT2D eigenvalue weighted by Gasteiger charge is -2.42. The van der Waals surface area contributed by atoms with Crippen LogP contribution in [-0.2, 0) is 4.74 Å².